The van der Waals surface area contributed by atoms with Gasteiger partial charge in [0.05, 0.1) is 5.92 Å². The van der Waals surface area contributed by atoms with Crippen LogP contribution in [0.3, 0.4) is 0 Å². The van der Waals surface area contributed by atoms with Crippen molar-refractivity contribution >= 4 is 52.3 Å². The second-order valence-electron chi connectivity index (χ2n) is 3.97. The van der Waals surface area contributed by atoms with Crippen LogP contribution in [0.1, 0.15) is 12.0 Å². The number of nitrogens with one attached hydrogen (secondary N) is 1. The first-order chi connectivity index (χ1) is 7.90. The summed E-state index contributed by atoms with van der Waals surface area (Å²) in [5.74, 6) is -0.474. The van der Waals surface area contributed by atoms with Gasteiger partial charge in [-0.15, -0.1) is 23.2 Å². The molecule has 1 atom stereocenters. The Morgan fingerprint density at radius 1 is 1.41 bits per heavy atom. The smallest absolute Gasteiger partial charge is 0.226 e. The summed E-state index contributed by atoms with van der Waals surface area (Å²) in [6, 6.07) is 5.13. The van der Waals surface area contributed by atoms with Crippen molar-refractivity contribution in [1.82, 2.24) is 5.32 Å². The summed E-state index contributed by atoms with van der Waals surface area (Å²) in [6.07, 6.45) is 0.496. The molecule has 1 aromatic carbocycles. The average Bonchev–Trinajstić information content (AvgIpc) is 2.86. The molecule has 2 rings (SSSR count). The molecular weight excluding hydrogens is 304 g/mol. The van der Waals surface area contributed by atoms with Crippen LogP contribution in [0.4, 0.5) is 0 Å². The summed E-state index contributed by atoms with van der Waals surface area (Å²) in [4.78, 5) is 11.6. The minimum absolute atomic E-state index is 0.152. The van der Waals surface area contributed by atoms with E-state index >= 15 is 0 Å². The summed E-state index contributed by atoms with van der Waals surface area (Å²) < 4.78 is -0.895. The standard InChI is InChI=1S/C11H9Cl4NO/c12-7-2-1-6(9(13)3-7)5-16-10(17)8-4-11(8,14)15/h1-3,8H,4-5H2,(H,16,17)/t8-/m0/s1. The van der Waals surface area contributed by atoms with Gasteiger partial charge in [-0.2, -0.15) is 0 Å². The first kappa shape index (κ1) is 13.3. The lowest BCUT2D eigenvalue weighted by Crippen LogP contribution is -2.26. The molecule has 0 aromatic heterocycles. The zero-order valence-electron chi connectivity index (χ0n) is 8.64. The largest absolute Gasteiger partial charge is 0.352 e. The molecule has 1 aromatic rings. The normalized spacial score (nSPS) is 21.1. The van der Waals surface area contributed by atoms with Crippen LogP contribution in [0.2, 0.25) is 10.0 Å². The van der Waals surface area contributed by atoms with Gasteiger partial charge in [0, 0.05) is 16.6 Å². The molecule has 0 radical (unpaired) electrons. The lowest BCUT2D eigenvalue weighted by Gasteiger charge is -2.07. The van der Waals surface area contributed by atoms with Crippen molar-refractivity contribution in [2.24, 2.45) is 5.92 Å². The van der Waals surface area contributed by atoms with Gasteiger partial charge in [0.25, 0.3) is 0 Å². The van der Waals surface area contributed by atoms with E-state index in [9.17, 15) is 4.79 Å². The van der Waals surface area contributed by atoms with Crippen LogP contribution in [0.25, 0.3) is 0 Å². The van der Waals surface area contributed by atoms with Gasteiger partial charge >= 0.3 is 0 Å². The van der Waals surface area contributed by atoms with Crippen molar-refractivity contribution in [2.75, 3.05) is 0 Å². The molecule has 6 heteroatoms. The fourth-order valence-corrected chi connectivity index (χ4v) is 2.45. The third kappa shape index (κ3) is 3.19. The number of halogens is 4. The van der Waals surface area contributed by atoms with Crippen molar-refractivity contribution in [3.63, 3.8) is 0 Å². The van der Waals surface area contributed by atoms with E-state index < -0.39 is 4.33 Å². The molecular formula is C11H9Cl4NO. The van der Waals surface area contributed by atoms with Crippen molar-refractivity contribution < 1.29 is 4.79 Å². The van der Waals surface area contributed by atoms with Crippen LogP contribution in [-0.2, 0) is 11.3 Å². The molecule has 0 bridgehead atoms. The fourth-order valence-electron chi connectivity index (χ4n) is 1.47. The maximum atomic E-state index is 11.6. The molecule has 2 nitrogen and oxygen atoms in total. The average molecular weight is 313 g/mol. The maximum Gasteiger partial charge on any atom is 0.226 e. The van der Waals surface area contributed by atoms with E-state index in [1.807, 2.05) is 0 Å². The quantitative estimate of drug-likeness (QED) is 0.845. The van der Waals surface area contributed by atoms with Crippen LogP contribution in [-0.4, -0.2) is 10.2 Å². The Balaban J connectivity index is 1.92. The first-order valence-corrected chi connectivity index (χ1v) is 6.51. The minimum atomic E-state index is -0.895. The summed E-state index contributed by atoms with van der Waals surface area (Å²) in [5, 5.41) is 3.83. The van der Waals surface area contributed by atoms with E-state index in [0.29, 0.717) is 23.0 Å². The van der Waals surface area contributed by atoms with Gasteiger partial charge < -0.3 is 5.32 Å². The topological polar surface area (TPSA) is 29.1 Å². The second kappa shape index (κ2) is 4.85. The van der Waals surface area contributed by atoms with Gasteiger partial charge in [0.1, 0.15) is 4.33 Å². The van der Waals surface area contributed by atoms with Gasteiger partial charge in [0.2, 0.25) is 5.91 Å². The maximum absolute atomic E-state index is 11.6. The third-order valence-corrected chi connectivity index (χ3v) is 4.03. The molecule has 1 aliphatic rings. The van der Waals surface area contributed by atoms with Crippen molar-refractivity contribution in [3.8, 4) is 0 Å². The highest BCUT2D eigenvalue weighted by molar-refractivity contribution is 6.52. The van der Waals surface area contributed by atoms with E-state index in [0.717, 1.165) is 5.56 Å². The molecule has 1 aliphatic carbocycles. The lowest BCUT2D eigenvalue weighted by molar-refractivity contribution is -0.122. The SMILES string of the molecule is O=C(NCc1ccc(Cl)cc1Cl)[C@@H]1CC1(Cl)Cl. The Hall–Kier alpha value is -0.150. The third-order valence-electron chi connectivity index (χ3n) is 2.61. The number of carbonyl (C=O) groups is 1. The van der Waals surface area contributed by atoms with Gasteiger partial charge in [0.15, 0.2) is 0 Å². The van der Waals surface area contributed by atoms with Crippen molar-refractivity contribution in [2.45, 2.75) is 17.3 Å². The zero-order chi connectivity index (χ0) is 12.6. The molecule has 0 spiro atoms. The molecule has 1 saturated carbocycles. The monoisotopic (exact) mass is 311 g/mol. The van der Waals surface area contributed by atoms with Gasteiger partial charge in [-0.05, 0) is 24.1 Å². The van der Waals surface area contributed by atoms with E-state index in [1.54, 1.807) is 18.2 Å². The van der Waals surface area contributed by atoms with Gasteiger partial charge in [-0.1, -0.05) is 29.3 Å². The number of alkyl halides is 2. The van der Waals surface area contributed by atoms with Crippen molar-refractivity contribution in [3.05, 3.63) is 33.8 Å². The first-order valence-electron chi connectivity index (χ1n) is 4.99. The Morgan fingerprint density at radius 3 is 2.59 bits per heavy atom. The van der Waals surface area contributed by atoms with Crippen LogP contribution in [0.15, 0.2) is 18.2 Å². The summed E-state index contributed by atoms with van der Waals surface area (Å²) in [7, 11) is 0. The number of benzene rings is 1. The molecule has 0 aliphatic heterocycles. The predicted molar refractivity (Wildman–Crippen MR) is 70.9 cm³/mol. The molecule has 0 unspecified atom stereocenters. The highest BCUT2D eigenvalue weighted by Gasteiger charge is 2.56. The lowest BCUT2D eigenvalue weighted by atomic mass is 10.2. The zero-order valence-corrected chi connectivity index (χ0v) is 11.7. The molecule has 0 saturated heterocycles. The van der Waals surface area contributed by atoms with E-state index in [4.69, 9.17) is 46.4 Å². The Bertz CT molecular complexity index is 461. The molecule has 17 heavy (non-hydrogen) atoms. The summed E-state index contributed by atoms with van der Waals surface area (Å²) in [6.45, 7) is 0.342. The number of hydrogen-bond acceptors (Lipinski definition) is 1. The highest BCUT2D eigenvalue weighted by Crippen LogP contribution is 2.53. The van der Waals surface area contributed by atoms with Crippen molar-refractivity contribution in [1.29, 1.82) is 0 Å². The van der Waals surface area contributed by atoms with Crippen LogP contribution < -0.4 is 5.32 Å². The molecule has 1 fully saturated rings. The molecule has 92 valence electrons. The van der Waals surface area contributed by atoms with E-state index in [-0.39, 0.29) is 11.8 Å². The predicted octanol–water partition coefficient (Wildman–Crippen LogP) is 3.80. The number of rotatable bonds is 3. The minimum Gasteiger partial charge on any atom is -0.352 e. The highest BCUT2D eigenvalue weighted by atomic mass is 35.5. The Labute approximate surface area is 119 Å². The van der Waals surface area contributed by atoms with Gasteiger partial charge in [-0.25, -0.2) is 0 Å². The fraction of sp³-hybridized carbons (Fsp3) is 0.364. The molecule has 0 heterocycles. The van der Waals surface area contributed by atoms with E-state index in [1.165, 1.54) is 0 Å². The van der Waals surface area contributed by atoms with Crippen LogP contribution in [0.5, 0.6) is 0 Å². The van der Waals surface area contributed by atoms with Crippen LogP contribution in [0, 0.1) is 5.92 Å². The second-order valence-corrected chi connectivity index (χ2v) is 6.36. The number of amides is 1. The summed E-state index contributed by atoms with van der Waals surface area (Å²) in [5.41, 5.74) is 0.805. The number of carbonyl (C=O) groups excluding carboxylic acids is 1. The van der Waals surface area contributed by atoms with Gasteiger partial charge in [-0.3, -0.25) is 4.79 Å². The summed E-state index contributed by atoms with van der Waals surface area (Å²) >= 11 is 23.3. The molecule has 1 amide bonds. The van der Waals surface area contributed by atoms with E-state index in [2.05, 4.69) is 5.32 Å². The van der Waals surface area contributed by atoms with Crippen LogP contribution >= 0.6 is 46.4 Å². The number of hydrogen-bond donors (Lipinski definition) is 1. The Morgan fingerprint density at radius 2 is 2.06 bits per heavy atom. The molecule has 1 N–H and O–H groups in total. The Kier molecular flexibility index (Phi) is 3.79.